The molecule has 2 atom stereocenters. The summed E-state index contributed by atoms with van der Waals surface area (Å²) in [4.78, 5) is 38.0. The molecule has 2 aliphatic heterocycles. The van der Waals surface area contributed by atoms with Gasteiger partial charge in [-0.05, 0) is 49.4 Å². The number of anilines is 1. The molecule has 1 N–H and O–H groups in total. The average Bonchev–Trinajstić information content (AvgIpc) is 2.72. The molecule has 2 amide bonds. The highest BCUT2D eigenvalue weighted by atomic mass is 16.5. The smallest absolute Gasteiger partial charge is 0.337 e. The van der Waals surface area contributed by atoms with Crippen LogP contribution in [0.4, 0.5) is 10.5 Å². The molecule has 2 aliphatic rings. The second-order valence-corrected chi connectivity index (χ2v) is 7.10. The Hall–Kier alpha value is -3.55. The number of carbonyl (C=O) groups excluding carboxylic acids is 3. The number of urea groups is 1. The Bertz CT molecular complexity index is 1000. The molecule has 0 aliphatic carbocycles. The number of esters is 2. The van der Waals surface area contributed by atoms with E-state index in [1.807, 2.05) is 6.92 Å². The first kappa shape index (κ1) is 18.8. The number of carbonyl (C=O) groups is 3. The van der Waals surface area contributed by atoms with E-state index in [4.69, 9.17) is 14.2 Å². The molecule has 2 aromatic carbocycles. The lowest BCUT2D eigenvalue weighted by Gasteiger charge is -2.50. The Morgan fingerprint density at radius 3 is 2.34 bits per heavy atom. The van der Waals surface area contributed by atoms with Gasteiger partial charge in [0.25, 0.3) is 0 Å². The third-order valence-corrected chi connectivity index (χ3v) is 5.24. The van der Waals surface area contributed by atoms with Crippen LogP contribution in [0.2, 0.25) is 0 Å². The number of methoxy groups -OCH3 is 2. The van der Waals surface area contributed by atoms with Gasteiger partial charge in [-0.2, -0.15) is 0 Å². The van der Waals surface area contributed by atoms with E-state index < -0.39 is 17.7 Å². The first-order valence-electron chi connectivity index (χ1n) is 9.06. The predicted molar refractivity (Wildman–Crippen MR) is 103 cm³/mol. The van der Waals surface area contributed by atoms with Crippen molar-refractivity contribution in [2.24, 2.45) is 0 Å². The van der Waals surface area contributed by atoms with Crippen LogP contribution in [0.5, 0.6) is 5.75 Å². The Balaban J connectivity index is 1.69. The summed E-state index contributed by atoms with van der Waals surface area (Å²) >= 11 is 0. The highest BCUT2D eigenvalue weighted by Gasteiger charge is 2.50. The molecule has 150 valence electrons. The van der Waals surface area contributed by atoms with E-state index in [1.165, 1.54) is 19.1 Å². The van der Waals surface area contributed by atoms with Crippen LogP contribution in [0.25, 0.3) is 0 Å². The number of nitrogens with zero attached hydrogens (tertiary/aromatic N) is 1. The van der Waals surface area contributed by atoms with E-state index in [0.29, 0.717) is 29.0 Å². The number of benzene rings is 2. The lowest BCUT2D eigenvalue weighted by Crippen LogP contribution is -2.65. The van der Waals surface area contributed by atoms with Crippen LogP contribution in [-0.4, -0.2) is 37.9 Å². The van der Waals surface area contributed by atoms with Crippen LogP contribution in [0.1, 0.15) is 45.7 Å². The molecule has 8 heteroatoms. The molecule has 2 bridgehead atoms. The molecular weight excluding hydrogens is 376 g/mol. The molecule has 0 saturated carbocycles. The van der Waals surface area contributed by atoms with Crippen LogP contribution < -0.4 is 15.0 Å². The maximum absolute atomic E-state index is 12.9. The third kappa shape index (κ3) is 3.06. The minimum absolute atomic E-state index is 0.300. The van der Waals surface area contributed by atoms with Gasteiger partial charge >= 0.3 is 18.0 Å². The molecule has 2 heterocycles. The van der Waals surface area contributed by atoms with E-state index >= 15 is 0 Å². The summed E-state index contributed by atoms with van der Waals surface area (Å²) in [6.45, 7) is 1.84. The number of hydrogen-bond donors (Lipinski definition) is 1. The van der Waals surface area contributed by atoms with Gasteiger partial charge in [0.2, 0.25) is 0 Å². The topological polar surface area (TPSA) is 94.2 Å². The summed E-state index contributed by atoms with van der Waals surface area (Å²) < 4.78 is 15.7. The van der Waals surface area contributed by atoms with E-state index in [2.05, 4.69) is 5.32 Å². The number of hydrogen-bond acceptors (Lipinski definition) is 6. The van der Waals surface area contributed by atoms with E-state index in [1.54, 1.807) is 42.5 Å². The molecule has 1 fully saturated rings. The number of amides is 2. The van der Waals surface area contributed by atoms with Crippen molar-refractivity contribution >= 4 is 23.7 Å². The van der Waals surface area contributed by atoms with Gasteiger partial charge in [-0.1, -0.05) is 0 Å². The van der Waals surface area contributed by atoms with Gasteiger partial charge < -0.3 is 19.5 Å². The number of rotatable bonds is 3. The van der Waals surface area contributed by atoms with Crippen molar-refractivity contribution in [1.82, 2.24) is 5.32 Å². The van der Waals surface area contributed by atoms with Crippen LogP contribution in [0.15, 0.2) is 42.5 Å². The van der Waals surface area contributed by atoms with Crippen LogP contribution >= 0.6 is 0 Å². The summed E-state index contributed by atoms with van der Waals surface area (Å²) in [6.07, 6.45) is 0.481. The fourth-order valence-electron chi connectivity index (χ4n) is 3.87. The van der Waals surface area contributed by atoms with Crippen molar-refractivity contribution in [1.29, 1.82) is 0 Å². The van der Waals surface area contributed by atoms with Crippen molar-refractivity contribution in [2.75, 3.05) is 19.1 Å². The summed E-state index contributed by atoms with van der Waals surface area (Å²) in [5.41, 5.74) is 1.18. The van der Waals surface area contributed by atoms with Gasteiger partial charge in [0, 0.05) is 17.7 Å². The molecule has 0 aromatic heterocycles. The summed E-state index contributed by atoms with van der Waals surface area (Å²) in [5.74, 6) is -0.307. The first-order chi connectivity index (χ1) is 13.9. The summed E-state index contributed by atoms with van der Waals surface area (Å²) in [7, 11) is 2.63. The van der Waals surface area contributed by atoms with Gasteiger partial charge in [0.15, 0.2) is 5.72 Å². The van der Waals surface area contributed by atoms with Crippen molar-refractivity contribution in [3.63, 3.8) is 0 Å². The highest BCUT2D eigenvalue weighted by Crippen LogP contribution is 2.45. The Morgan fingerprint density at radius 2 is 1.69 bits per heavy atom. The van der Waals surface area contributed by atoms with Crippen LogP contribution in [0.3, 0.4) is 0 Å². The zero-order valence-electron chi connectivity index (χ0n) is 16.2. The lowest BCUT2D eigenvalue weighted by molar-refractivity contribution is 0.0377. The minimum atomic E-state index is -0.931. The van der Waals surface area contributed by atoms with Crippen LogP contribution in [0, 0.1) is 0 Å². The SMILES string of the molecule is COC(=O)c1ccc(N2C(=O)N[C@@H]3C[C@@]2(C)Oc2ccc(C(=O)OC)cc23)cc1. The number of fused-ring (bicyclic) bond motifs is 4. The molecule has 0 radical (unpaired) electrons. The Labute approximate surface area is 167 Å². The predicted octanol–water partition coefficient (Wildman–Crippen LogP) is 3.03. The molecule has 2 aromatic rings. The summed E-state index contributed by atoms with van der Waals surface area (Å²) in [5, 5.41) is 2.97. The van der Waals surface area contributed by atoms with Crippen molar-refractivity contribution in [3.8, 4) is 5.75 Å². The Morgan fingerprint density at radius 1 is 1.07 bits per heavy atom. The molecule has 29 heavy (non-hydrogen) atoms. The van der Waals surface area contributed by atoms with Crippen molar-refractivity contribution in [3.05, 3.63) is 59.2 Å². The van der Waals surface area contributed by atoms with E-state index in [9.17, 15) is 14.4 Å². The molecular formula is C21H20N2O6. The van der Waals surface area contributed by atoms with Gasteiger partial charge in [0.05, 0.1) is 31.4 Å². The average molecular weight is 396 g/mol. The second-order valence-electron chi connectivity index (χ2n) is 7.10. The molecule has 0 unspecified atom stereocenters. The highest BCUT2D eigenvalue weighted by molar-refractivity contribution is 5.96. The maximum Gasteiger partial charge on any atom is 0.337 e. The number of ether oxygens (including phenoxy) is 3. The first-order valence-corrected chi connectivity index (χ1v) is 9.06. The monoisotopic (exact) mass is 396 g/mol. The maximum atomic E-state index is 12.9. The molecule has 1 saturated heterocycles. The molecule has 8 nitrogen and oxygen atoms in total. The zero-order valence-corrected chi connectivity index (χ0v) is 16.2. The largest absolute Gasteiger partial charge is 0.467 e. The molecule has 0 spiro atoms. The van der Waals surface area contributed by atoms with Crippen molar-refractivity contribution < 1.29 is 28.6 Å². The fraction of sp³-hybridized carbons (Fsp3) is 0.286. The standard InChI is InChI=1S/C21H20N2O6/c1-21-11-16(15-10-13(19(25)28-3)6-9-17(15)29-21)22-20(26)23(21)14-7-4-12(5-8-14)18(24)27-2/h4-10,16H,11H2,1-3H3,(H,22,26)/t16-,21-/m1/s1. The van der Waals surface area contributed by atoms with Gasteiger partial charge in [-0.25, -0.2) is 14.4 Å². The number of nitrogens with one attached hydrogen (secondary N) is 1. The van der Waals surface area contributed by atoms with Gasteiger partial charge in [-0.3, -0.25) is 4.90 Å². The lowest BCUT2D eigenvalue weighted by atomic mass is 9.89. The van der Waals surface area contributed by atoms with E-state index in [-0.39, 0.29) is 12.1 Å². The fourth-order valence-corrected chi connectivity index (χ4v) is 3.87. The zero-order chi connectivity index (χ0) is 20.8. The Kier molecular flexibility index (Phi) is 4.41. The van der Waals surface area contributed by atoms with Gasteiger partial charge in [-0.15, -0.1) is 0 Å². The normalized spacial score (nSPS) is 22.1. The quantitative estimate of drug-likeness (QED) is 0.802. The van der Waals surface area contributed by atoms with Crippen molar-refractivity contribution in [2.45, 2.75) is 25.1 Å². The van der Waals surface area contributed by atoms with Gasteiger partial charge in [0.1, 0.15) is 5.75 Å². The third-order valence-electron chi connectivity index (χ3n) is 5.24. The summed E-state index contributed by atoms with van der Waals surface area (Å²) in [6, 6.07) is 11.0. The van der Waals surface area contributed by atoms with E-state index in [0.717, 1.165) is 5.56 Å². The minimum Gasteiger partial charge on any atom is -0.467 e. The second kappa shape index (κ2) is 6.80. The van der Waals surface area contributed by atoms with Crippen LogP contribution in [-0.2, 0) is 9.47 Å². The molecule has 4 rings (SSSR count).